The monoisotopic (exact) mass is 239 g/mol. The highest BCUT2D eigenvalue weighted by Gasteiger charge is 2.04. The van der Waals surface area contributed by atoms with Crippen LogP contribution in [0.4, 0.5) is 17.6 Å². The quantitative estimate of drug-likeness (QED) is 0.412. The third-order valence-electron chi connectivity index (χ3n) is 2.54. The largest absolute Gasteiger partial charge is 0.369 e. The number of hydrazine groups is 1. The Morgan fingerprint density at radius 2 is 2.00 bits per heavy atom. The number of likely N-dealkylation sites (N-methyl/N-ethyl adjacent to an activating group) is 1. The van der Waals surface area contributed by atoms with Gasteiger partial charge in [-0.15, -0.1) is 0 Å². The molecule has 0 radical (unpaired) electrons. The van der Waals surface area contributed by atoms with E-state index >= 15 is 0 Å². The normalized spacial score (nSPS) is 10.9. The van der Waals surface area contributed by atoms with Gasteiger partial charge in [0.1, 0.15) is 11.6 Å². The molecule has 0 aliphatic heterocycles. The molecule has 0 fully saturated rings. The maximum Gasteiger partial charge on any atom is 0.223 e. The van der Waals surface area contributed by atoms with Gasteiger partial charge in [-0.3, -0.25) is 0 Å². The molecule has 96 valence electrons. The molecule has 0 saturated heterocycles. The molecule has 0 saturated carbocycles. The van der Waals surface area contributed by atoms with E-state index < -0.39 is 0 Å². The number of nitrogens with zero attached hydrogens (tertiary/aromatic N) is 3. The first-order valence-electron chi connectivity index (χ1n) is 5.58. The molecule has 17 heavy (non-hydrogen) atoms. The predicted molar refractivity (Wildman–Crippen MR) is 70.5 cm³/mol. The van der Waals surface area contributed by atoms with Gasteiger partial charge in [-0.05, 0) is 20.9 Å². The van der Waals surface area contributed by atoms with E-state index in [4.69, 9.17) is 11.6 Å². The smallest absolute Gasteiger partial charge is 0.223 e. The molecule has 7 heteroatoms. The van der Waals surface area contributed by atoms with Gasteiger partial charge < -0.3 is 21.4 Å². The van der Waals surface area contributed by atoms with Crippen LogP contribution in [0.3, 0.4) is 0 Å². The molecule has 6 N–H and O–H groups in total. The van der Waals surface area contributed by atoms with Gasteiger partial charge in [-0.2, -0.15) is 9.97 Å². The fourth-order valence-corrected chi connectivity index (χ4v) is 1.25. The molecule has 1 heterocycles. The second-order valence-corrected chi connectivity index (χ2v) is 4.14. The third-order valence-corrected chi connectivity index (χ3v) is 2.54. The minimum Gasteiger partial charge on any atom is -0.369 e. The number of anilines is 3. The van der Waals surface area contributed by atoms with Crippen molar-refractivity contribution in [3.8, 4) is 0 Å². The fraction of sp³-hybridized carbons (Fsp3) is 0.600. The minimum absolute atomic E-state index is 0.195. The lowest BCUT2D eigenvalue weighted by Gasteiger charge is -2.21. The predicted octanol–water partition coefficient (Wildman–Crippen LogP) is 0.0965. The average Bonchev–Trinajstić information content (AvgIpc) is 2.27. The van der Waals surface area contributed by atoms with Crippen molar-refractivity contribution in [3.63, 3.8) is 0 Å². The lowest BCUT2D eigenvalue weighted by Crippen LogP contribution is -2.31. The summed E-state index contributed by atoms with van der Waals surface area (Å²) < 4.78 is 0. The van der Waals surface area contributed by atoms with Gasteiger partial charge in [0.05, 0.1) is 0 Å². The number of hydrogen-bond donors (Lipinski definition) is 4. The number of nitrogen functional groups attached to an aromatic ring is 2. The Morgan fingerprint density at radius 3 is 2.59 bits per heavy atom. The molecule has 0 amide bonds. The summed E-state index contributed by atoms with van der Waals surface area (Å²) in [5.74, 6) is 6.63. The Kier molecular flexibility index (Phi) is 4.92. The van der Waals surface area contributed by atoms with Gasteiger partial charge in [-0.25, -0.2) is 5.84 Å². The average molecular weight is 239 g/mol. The highest BCUT2D eigenvalue weighted by molar-refractivity contribution is 5.50. The van der Waals surface area contributed by atoms with Crippen LogP contribution in [-0.2, 0) is 0 Å². The molecular formula is C10H21N7. The summed E-state index contributed by atoms with van der Waals surface area (Å²) in [6, 6.07) is 2.24. The van der Waals surface area contributed by atoms with Crippen molar-refractivity contribution < 1.29 is 0 Å². The first-order chi connectivity index (χ1) is 8.02. The zero-order valence-electron chi connectivity index (χ0n) is 10.6. The first kappa shape index (κ1) is 13.5. The number of nitrogens with one attached hydrogen (secondary N) is 2. The first-order valence-corrected chi connectivity index (χ1v) is 5.58. The van der Waals surface area contributed by atoms with E-state index in [1.807, 2.05) is 0 Å². The summed E-state index contributed by atoms with van der Waals surface area (Å²) in [4.78, 5) is 10.2. The highest BCUT2D eigenvalue weighted by Crippen LogP contribution is 2.10. The van der Waals surface area contributed by atoms with Gasteiger partial charge in [0.15, 0.2) is 0 Å². The Bertz CT molecular complexity index is 353. The Hall–Kier alpha value is -1.60. The van der Waals surface area contributed by atoms with Crippen LogP contribution in [0.2, 0.25) is 0 Å². The number of nitrogens with two attached hydrogens (primary N) is 2. The molecule has 0 bridgehead atoms. The summed E-state index contributed by atoms with van der Waals surface area (Å²) in [5, 5.41) is 3.18. The minimum atomic E-state index is 0.195. The van der Waals surface area contributed by atoms with Gasteiger partial charge >= 0.3 is 0 Å². The van der Waals surface area contributed by atoms with E-state index in [0.717, 1.165) is 13.1 Å². The second-order valence-electron chi connectivity index (χ2n) is 4.14. The zero-order chi connectivity index (χ0) is 12.8. The van der Waals surface area contributed by atoms with Crippen molar-refractivity contribution in [1.82, 2.24) is 14.9 Å². The molecule has 1 aromatic heterocycles. The van der Waals surface area contributed by atoms with E-state index in [-0.39, 0.29) is 5.95 Å². The van der Waals surface area contributed by atoms with Crippen molar-refractivity contribution >= 4 is 17.6 Å². The molecule has 0 aromatic carbocycles. The Morgan fingerprint density at radius 1 is 1.35 bits per heavy atom. The molecular weight excluding hydrogens is 218 g/mol. The molecule has 0 aliphatic rings. The van der Waals surface area contributed by atoms with Crippen molar-refractivity contribution in [3.05, 3.63) is 6.07 Å². The van der Waals surface area contributed by atoms with E-state index in [0.29, 0.717) is 17.7 Å². The van der Waals surface area contributed by atoms with E-state index in [9.17, 15) is 0 Å². The SMILES string of the molecule is CC(C)N(C)CCNc1cc(NN)nc(N)n1. The van der Waals surface area contributed by atoms with Crippen molar-refractivity contribution in [1.29, 1.82) is 0 Å². The number of aromatic nitrogens is 2. The summed E-state index contributed by atoms with van der Waals surface area (Å²) in [5.41, 5.74) is 7.99. The van der Waals surface area contributed by atoms with Crippen molar-refractivity contribution in [2.75, 3.05) is 36.6 Å². The molecule has 0 unspecified atom stereocenters. The second kappa shape index (κ2) is 6.21. The van der Waals surface area contributed by atoms with Crippen LogP contribution in [0.25, 0.3) is 0 Å². The van der Waals surface area contributed by atoms with Crippen molar-refractivity contribution in [2.24, 2.45) is 5.84 Å². The van der Waals surface area contributed by atoms with E-state index in [1.54, 1.807) is 6.07 Å². The van der Waals surface area contributed by atoms with Crippen LogP contribution in [0, 0.1) is 0 Å². The zero-order valence-corrected chi connectivity index (χ0v) is 10.6. The number of hydrogen-bond acceptors (Lipinski definition) is 7. The van der Waals surface area contributed by atoms with Crippen LogP contribution < -0.4 is 22.3 Å². The third kappa shape index (κ3) is 4.41. The topological polar surface area (TPSA) is 105 Å². The van der Waals surface area contributed by atoms with Crippen LogP contribution in [0.15, 0.2) is 6.07 Å². The molecule has 0 spiro atoms. The number of rotatable bonds is 6. The molecule has 1 aromatic rings. The van der Waals surface area contributed by atoms with Gasteiger partial charge in [0.25, 0.3) is 0 Å². The van der Waals surface area contributed by atoms with E-state index in [2.05, 4.69) is 46.5 Å². The van der Waals surface area contributed by atoms with Crippen LogP contribution in [0.1, 0.15) is 13.8 Å². The van der Waals surface area contributed by atoms with Crippen LogP contribution in [0.5, 0.6) is 0 Å². The summed E-state index contributed by atoms with van der Waals surface area (Å²) in [6.07, 6.45) is 0. The fourth-order valence-electron chi connectivity index (χ4n) is 1.25. The summed E-state index contributed by atoms with van der Waals surface area (Å²) >= 11 is 0. The highest BCUT2D eigenvalue weighted by atomic mass is 15.3. The standard InChI is InChI=1S/C10H21N7/c1-7(2)17(3)5-4-13-8-6-9(16-12)15-10(11)14-8/h6-7H,4-5,12H2,1-3H3,(H4,11,13,14,15,16). The molecule has 1 rings (SSSR count). The lowest BCUT2D eigenvalue weighted by molar-refractivity contribution is 0.284. The molecule has 7 nitrogen and oxygen atoms in total. The Balaban J connectivity index is 2.49. The molecule has 0 aliphatic carbocycles. The summed E-state index contributed by atoms with van der Waals surface area (Å²) in [6.45, 7) is 6.01. The maximum atomic E-state index is 5.55. The van der Waals surface area contributed by atoms with Gasteiger partial charge in [0, 0.05) is 25.2 Å². The van der Waals surface area contributed by atoms with Crippen LogP contribution in [-0.4, -0.2) is 41.0 Å². The lowest BCUT2D eigenvalue weighted by atomic mass is 10.3. The van der Waals surface area contributed by atoms with Crippen molar-refractivity contribution in [2.45, 2.75) is 19.9 Å². The summed E-state index contributed by atoms with van der Waals surface area (Å²) in [7, 11) is 2.08. The Labute approximate surface area is 102 Å². The molecule has 0 atom stereocenters. The van der Waals surface area contributed by atoms with Gasteiger partial charge in [-0.1, -0.05) is 0 Å². The van der Waals surface area contributed by atoms with Gasteiger partial charge in [0.2, 0.25) is 5.95 Å². The van der Waals surface area contributed by atoms with Crippen LogP contribution >= 0.6 is 0 Å². The van der Waals surface area contributed by atoms with E-state index in [1.165, 1.54) is 0 Å². The maximum absolute atomic E-state index is 5.55.